The molecule has 78 valence electrons. The molecule has 0 radical (unpaired) electrons. The Bertz CT molecular complexity index is 328. The van der Waals surface area contributed by atoms with Crippen molar-refractivity contribution in [2.75, 3.05) is 12.3 Å². The molecule has 3 N–H and O–H groups in total. The van der Waals surface area contributed by atoms with E-state index in [1.165, 1.54) is 6.07 Å². The molecule has 0 aliphatic heterocycles. The number of carboxylic acid groups (broad SMARTS) is 1. The van der Waals surface area contributed by atoms with Crippen molar-refractivity contribution in [3.05, 3.63) is 23.8 Å². The molecule has 0 saturated heterocycles. The molecule has 0 saturated carbocycles. The monoisotopic (exact) mass is 217 g/mol. The van der Waals surface area contributed by atoms with Crippen molar-refractivity contribution < 1.29 is 14.6 Å². The smallest absolute Gasteiger partial charge is 0.339 e. The number of anilines is 1. The number of halogens is 1. The number of carbonyl (C=O) groups is 1. The van der Waals surface area contributed by atoms with Crippen LogP contribution in [0.2, 0.25) is 0 Å². The van der Waals surface area contributed by atoms with Crippen molar-refractivity contribution in [1.82, 2.24) is 0 Å². The van der Waals surface area contributed by atoms with E-state index in [4.69, 9.17) is 15.6 Å². The summed E-state index contributed by atoms with van der Waals surface area (Å²) in [5.41, 5.74) is 5.96. The van der Waals surface area contributed by atoms with Crippen molar-refractivity contribution in [3.8, 4) is 5.75 Å². The van der Waals surface area contributed by atoms with E-state index in [2.05, 4.69) is 0 Å². The molecule has 0 aliphatic rings. The maximum Gasteiger partial charge on any atom is 0.339 e. The van der Waals surface area contributed by atoms with Gasteiger partial charge in [-0.05, 0) is 25.1 Å². The molecule has 5 heteroatoms. The molecule has 0 aliphatic carbocycles. The molecule has 0 heterocycles. The third kappa shape index (κ3) is 2.81. The van der Waals surface area contributed by atoms with Gasteiger partial charge in [-0.1, -0.05) is 0 Å². The quantitative estimate of drug-likeness (QED) is 0.758. The van der Waals surface area contributed by atoms with E-state index in [1.54, 1.807) is 19.1 Å². The number of hydrogen-bond donors (Lipinski definition) is 2. The standard InChI is InChI=1S/C9H11NO3.ClH/c1-2-13-8-4-3-6(10)5-7(8)9(11)12;/h3-5H,2,10H2,1H3,(H,11,12);1H. The van der Waals surface area contributed by atoms with Crippen LogP contribution < -0.4 is 10.5 Å². The topological polar surface area (TPSA) is 72.5 Å². The molecule has 0 fully saturated rings. The zero-order valence-electron chi connectivity index (χ0n) is 7.69. The van der Waals surface area contributed by atoms with Crippen LogP contribution in [0.3, 0.4) is 0 Å². The van der Waals surface area contributed by atoms with Crippen LogP contribution in [0.15, 0.2) is 18.2 Å². The van der Waals surface area contributed by atoms with Crippen molar-refractivity contribution in [1.29, 1.82) is 0 Å². The van der Waals surface area contributed by atoms with Crippen molar-refractivity contribution >= 4 is 24.1 Å². The van der Waals surface area contributed by atoms with Gasteiger partial charge in [-0.2, -0.15) is 0 Å². The van der Waals surface area contributed by atoms with Crippen LogP contribution in [0.1, 0.15) is 17.3 Å². The molecule has 1 aromatic carbocycles. The molecule has 0 unspecified atom stereocenters. The highest BCUT2D eigenvalue weighted by Gasteiger charge is 2.10. The van der Waals surface area contributed by atoms with E-state index >= 15 is 0 Å². The lowest BCUT2D eigenvalue weighted by molar-refractivity contribution is 0.0692. The molecule has 4 nitrogen and oxygen atoms in total. The highest BCUT2D eigenvalue weighted by Crippen LogP contribution is 2.21. The Kier molecular flexibility index (Phi) is 4.80. The molecular formula is C9H12ClNO3. The van der Waals surface area contributed by atoms with Crippen LogP contribution in [0.5, 0.6) is 5.75 Å². The molecule has 0 spiro atoms. The number of nitrogens with two attached hydrogens (primary N) is 1. The molecule has 0 amide bonds. The second-order valence-corrected chi connectivity index (χ2v) is 2.49. The average Bonchev–Trinajstić information content (AvgIpc) is 2.08. The van der Waals surface area contributed by atoms with E-state index in [0.29, 0.717) is 18.0 Å². The van der Waals surface area contributed by atoms with E-state index in [9.17, 15) is 4.79 Å². The molecule has 14 heavy (non-hydrogen) atoms. The fourth-order valence-electron chi connectivity index (χ4n) is 0.996. The number of aromatic carboxylic acids is 1. The van der Waals surface area contributed by atoms with Crippen LogP contribution in [0.25, 0.3) is 0 Å². The number of benzene rings is 1. The molecule has 0 atom stereocenters. The Labute approximate surface area is 88.1 Å². The lowest BCUT2D eigenvalue weighted by Crippen LogP contribution is -2.03. The summed E-state index contributed by atoms with van der Waals surface area (Å²) < 4.78 is 5.12. The van der Waals surface area contributed by atoms with Gasteiger partial charge in [0.2, 0.25) is 0 Å². The van der Waals surface area contributed by atoms with Crippen LogP contribution in [0.4, 0.5) is 5.69 Å². The normalized spacial score (nSPS) is 8.93. The molecule has 0 bridgehead atoms. The summed E-state index contributed by atoms with van der Waals surface area (Å²) in [6, 6.07) is 4.55. The highest BCUT2D eigenvalue weighted by molar-refractivity contribution is 5.92. The van der Waals surface area contributed by atoms with Crippen molar-refractivity contribution in [3.63, 3.8) is 0 Å². The van der Waals surface area contributed by atoms with Gasteiger partial charge in [0.1, 0.15) is 11.3 Å². The SMILES string of the molecule is CCOc1ccc(N)cc1C(=O)O.Cl. The minimum atomic E-state index is -1.03. The minimum Gasteiger partial charge on any atom is -0.493 e. The second-order valence-electron chi connectivity index (χ2n) is 2.49. The Balaban J connectivity index is 0.00000169. The van der Waals surface area contributed by atoms with Crippen molar-refractivity contribution in [2.24, 2.45) is 0 Å². The number of ether oxygens (including phenoxy) is 1. The summed E-state index contributed by atoms with van der Waals surface area (Å²) >= 11 is 0. The van der Waals surface area contributed by atoms with Gasteiger partial charge in [0.05, 0.1) is 6.61 Å². The maximum absolute atomic E-state index is 10.7. The number of carboxylic acids is 1. The summed E-state index contributed by atoms with van der Waals surface area (Å²) in [7, 11) is 0. The lowest BCUT2D eigenvalue weighted by Gasteiger charge is -2.06. The van der Waals surface area contributed by atoms with Gasteiger partial charge in [0.15, 0.2) is 0 Å². The third-order valence-corrected chi connectivity index (χ3v) is 1.53. The van der Waals surface area contributed by atoms with Gasteiger partial charge in [0, 0.05) is 5.69 Å². The maximum atomic E-state index is 10.7. The van der Waals surface area contributed by atoms with Crippen molar-refractivity contribution in [2.45, 2.75) is 6.92 Å². The summed E-state index contributed by atoms with van der Waals surface area (Å²) in [5.74, 6) is -0.681. The van der Waals surface area contributed by atoms with Crippen LogP contribution >= 0.6 is 12.4 Å². The summed E-state index contributed by atoms with van der Waals surface area (Å²) in [6.07, 6.45) is 0. The van der Waals surface area contributed by atoms with Gasteiger partial charge in [-0.3, -0.25) is 0 Å². The largest absolute Gasteiger partial charge is 0.493 e. The zero-order chi connectivity index (χ0) is 9.84. The zero-order valence-corrected chi connectivity index (χ0v) is 8.50. The Morgan fingerprint density at radius 3 is 2.71 bits per heavy atom. The highest BCUT2D eigenvalue weighted by atomic mass is 35.5. The first-order chi connectivity index (χ1) is 6.15. The first-order valence-electron chi connectivity index (χ1n) is 3.90. The van der Waals surface area contributed by atoms with Gasteiger partial charge >= 0.3 is 5.97 Å². The first-order valence-corrected chi connectivity index (χ1v) is 3.90. The predicted molar refractivity (Wildman–Crippen MR) is 56.2 cm³/mol. The fraction of sp³-hybridized carbons (Fsp3) is 0.222. The third-order valence-electron chi connectivity index (χ3n) is 1.53. The van der Waals surface area contributed by atoms with E-state index in [1.807, 2.05) is 0 Å². The Hall–Kier alpha value is -1.42. The number of hydrogen-bond acceptors (Lipinski definition) is 3. The number of rotatable bonds is 3. The van der Waals surface area contributed by atoms with Gasteiger partial charge < -0.3 is 15.6 Å². The van der Waals surface area contributed by atoms with E-state index in [0.717, 1.165) is 0 Å². The van der Waals surface area contributed by atoms with E-state index in [-0.39, 0.29) is 18.0 Å². The average molecular weight is 218 g/mol. The molecular weight excluding hydrogens is 206 g/mol. The Morgan fingerprint density at radius 2 is 2.21 bits per heavy atom. The van der Waals surface area contributed by atoms with E-state index < -0.39 is 5.97 Å². The summed E-state index contributed by atoms with van der Waals surface area (Å²) in [4.78, 5) is 10.7. The van der Waals surface area contributed by atoms with Gasteiger partial charge in [-0.25, -0.2) is 4.79 Å². The number of nitrogen functional groups attached to an aromatic ring is 1. The van der Waals surface area contributed by atoms with Crippen LogP contribution in [-0.4, -0.2) is 17.7 Å². The van der Waals surface area contributed by atoms with Gasteiger partial charge in [0.25, 0.3) is 0 Å². The van der Waals surface area contributed by atoms with Crippen LogP contribution in [0, 0.1) is 0 Å². The molecule has 1 aromatic rings. The summed E-state index contributed by atoms with van der Waals surface area (Å²) in [6.45, 7) is 2.23. The molecule has 1 rings (SSSR count). The minimum absolute atomic E-state index is 0. The molecule has 0 aromatic heterocycles. The lowest BCUT2D eigenvalue weighted by atomic mass is 10.2. The first kappa shape index (κ1) is 12.6. The fourth-order valence-corrected chi connectivity index (χ4v) is 0.996. The predicted octanol–water partition coefficient (Wildman–Crippen LogP) is 1.79. The van der Waals surface area contributed by atoms with Gasteiger partial charge in [-0.15, -0.1) is 12.4 Å². The second kappa shape index (κ2) is 5.34. The summed E-state index contributed by atoms with van der Waals surface area (Å²) in [5, 5.41) is 8.78. The Morgan fingerprint density at radius 1 is 1.57 bits per heavy atom. The van der Waals surface area contributed by atoms with Crippen LogP contribution in [-0.2, 0) is 0 Å².